The SMILES string of the molecule is C[C@H](O)CCCC(O)C=C[C@H]1CCC(=O)N1CCc1ccc(C(=O)O)cc1. The van der Waals surface area contributed by atoms with Gasteiger partial charge in [0.25, 0.3) is 0 Å². The van der Waals surface area contributed by atoms with E-state index < -0.39 is 12.1 Å². The van der Waals surface area contributed by atoms with Crippen LogP contribution in [0.1, 0.15) is 54.9 Å². The van der Waals surface area contributed by atoms with E-state index in [4.69, 9.17) is 5.11 Å². The van der Waals surface area contributed by atoms with Gasteiger partial charge in [0, 0.05) is 13.0 Å². The number of rotatable bonds is 10. The van der Waals surface area contributed by atoms with Crippen molar-refractivity contribution in [2.45, 2.75) is 63.7 Å². The Kier molecular flexibility index (Phi) is 8.00. The maximum absolute atomic E-state index is 12.2. The molecule has 2 rings (SSSR count). The van der Waals surface area contributed by atoms with Crippen LogP contribution in [0.4, 0.5) is 0 Å². The minimum atomic E-state index is -0.950. The van der Waals surface area contributed by atoms with E-state index in [0.717, 1.165) is 18.4 Å². The monoisotopic (exact) mass is 375 g/mol. The summed E-state index contributed by atoms with van der Waals surface area (Å²) in [6, 6.07) is 6.69. The van der Waals surface area contributed by atoms with Gasteiger partial charge in [-0.15, -0.1) is 0 Å². The van der Waals surface area contributed by atoms with Crippen LogP contribution in [0.2, 0.25) is 0 Å². The number of benzene rings is 1. The van der Waals surface area contributed by atoms with E-state index in [-0.39, 0.29) is 23.6 Å². The van der Waals surface area contributed by atoms with Gasteiger partial charge in [-0.05, 0) is 56.7 Å². The Bertz CT molecular complexity index is 653. The lowest BCUT2D eigenvalue weighted by Gasteiger charge is -2.23. The molecule has 0 aromatic heterocycles. The first kappa shape index (κ1) is 21.1. The van der Waals surface area contributed by atoms with Crippen LogP contribution in [0.15, 0.2) is 36.4 Å². The van der Waals surface area contributed by atoms with Crippen molar-refractivity contribution in [3.05, 3.63) is 47.5 Å². The van der Waals surface area contributed by atoms with Gasteiger partial charge in [-0.3, -0.25) is 4.79 Å². The number of amides is 1. The van der Waals surface area contributed by atoms with Gasteiger partial charge in [0.2, 0.25) is 5.91 Å². The zero-order valence-electron chi connectivity index (χ0n) is 15.8. The molecule has 0 bridgehead atoms. The number of carbonyl (C=O) groups is 2. The molecule has 1 amide bonds. The van der Waals surface area contributed by atoms with E-state index in [9.17, 15) is 19.8 Å². The number of hydrogen-bond donors (Lipinski definition) is 3. The van der Waals surface area contributed by atoms with E-state index >= 15 is 0 Å². The number of carboxylic acid groups (broad SMARTS) is 1. The largest absolute Gasteiger partial charge is 0.478 e. The highest BCUT2D eigenvalue weighted by atomic mass is 16.4. The molecule has 1 saturated heterocycles. The second kappa shape index (κ2) is 10.2. The minimum absolute atomic E-state index is 0.0118. The van der Waals surface area contributed by atoms with Crippen molar-refractivity contribution >= 4 is 11.9 Å². The van der Waals surface area contributed by atoms with Crippen LogP contribution >= 0.6 is 0 Å². The summed E-state index contributed by atoms with van der Waals surface area (Å²) in [5.74, 6) is -0.844. The summed E-state index contributed by atoms with van der Waals surface area (Å²) in [5.41, 5.74) is 1.24. The van der Waals surface area contributed by atoms with E-state index in [0.29, 0.717) is 32.2 Å². The van der Waals surface area contributed by atoms with E-state index in [1.807, 2.05) is 11.0 Å². The van der Waals surface area contributed by atoms with E-state index in [1.54, 1.807) is 37.3 Å². The van der Waals surface area contributed by atoms with Crippen LogP contribution in [-0.2, 0) is 11.2 Å². The van der Waals surface area contributed by atoms with Crippen LogP contribution in [0.25, 0.3) is 0 Å². The lowest BCUT2D eigenvalue weighted by atomic mass is 10.1. The summed E-state index contributed by atoms with van der Waals surface area (Å²) < 4.78 is 0. The number of hydrogen-bond acceptors (Lipinski definition) is 4. The molecule has 6 nitrogen and oxygen atoms in total. The standard InChI is InChI=1S/C21H29NO5/c1-15(23)3-2-4-19(24)11-9-18-10-12-20(25)22(18)14-13-16-5-7-17(8-6-16)21(26)27/h5-9,11,15,18-19,23-24H,2-4,10,12-14H2,1H3,(H,26,27)/t15-,18-,19?/m0/s1. The van der Waals surface area contributed by atoms with Gasteiger partial charge in [-0.1, -0.05) is 24.3 Å². The van der Waals surface area contributed by atoms with Crippen molar-refractivity contribution in [1.82, 2.24) is 4.90 Å². The topological polar surface area (TPSA) is 98.1 Å². The predicted molar refractivity (Wildman–Crippen MR) is 103 cm³/mol. The summed E-state index contributed by atoms with van der Waals surface area (Å²) in [6.45, 7) is 2.30. The minimum Gasteiger partial charge on any atom is -0.478 e. The number of aliphatic hydroxyl groups is 2. The molecule has 0 spiro atoms. The third-order valence-electron chi connectivity index (χ3n) is 4.89. The van der Waals surface area contributed by atoms with Crippen LogP contribution in [0.5, 0.6) is 0 Å². The third-order valence-corrected chi connectivity index (χ3v) is 4.89. The fraction of sp³-hybridized carbons (Fsp3) is 0.524. The van der Waals surface area contributed by atoms with E-state index in [2.05, 4.69) is 0 Å². The van der Waals surface area contributed by atoms with Crippen LogP contribution in [0, 0.1) is 0 Å². The summed E-state index contributed by atoms with van der Waals surface area (Å²) in [4.78, 5) is 24.9. The lowest BCUT2D eigenvalue weighted by molar-refractivity contribution is -0.128. The van der Waals surface area contributed by atoms with Gasteiger partial charge in [-0.25, -0.2) is 4.79 Å². The molecule has 1 fully saturated rings. The van der Waals surface area contributed by atoms with Gasteiger partial charge in [-0.2, -0.15) is 0 Å². The molecule has 3 N–H and O–H groups in total. The average molecular weight is 375 g/mol. The highest BCUT2D eigenvalue weighted by molar-refractivity contribution is 5.87. The summed E-state index contributed by atoms with van der Waals surface area (Å²) >= 11 is 0. The van der Waals surface area contributed by atoms with Gasteiger partial charge in [0.1, 0.15) is 0 Å². The Morgan fingerprint density at radius 2 is 1.96 bits per heavy atom. The number of aromatic carboxylic acids is 1. The smallest absolute Gasteiger partial charge is 0.335 e. The molecular formula is C21H29NO5. The number of likely N-dealkylation sites (tertiary alicyclic amines) is 1. The van der Waals surface area contributed by atoms with Crippen molar-refractivity contribution in [1.29, 1.82) is 0 Å². The van der Waals surface area contributed by atoms with Crippen LogP contribution in [0.3, 0.4) is 0 Å². The number of nitrogens with zero attached hydrogens (tertiary/aromatic N) is 1. The molecule has 1 aliphatic heterocycles. The Labute approximate surface area is 160 Å². The van der Waals surface area contributed by atoms with Crippen LogP contribution in [-0.4, -0.2) is 56.9 Å². The third kappa shape index (κ3) is 6.81. The molecule has 148 valence electrons. The lowest BCUT2D eigenvalue weighted by Crippen LogP contribution is -2.33. The fourth-order valence-corrected chi connectivity index (χ4v) is 3.29. The molecule has 1 aromatic rings. The highest BCUT2D eigenvalue weighted by Crippen LogP contribution is 2.21. The number of aliphatic hydroxyl groups excluding tert-OH is 2. The normalized spacial score (nSPS) is 19.6. The van der Waals surface area contributed by atoms with Gasteiger partial charge < -0.3 is 20.2 Å². The highest BCUT2D eigenvalue weighted by Gasteiger charge is 2.28. The summed E-state index contributed by atoms with van der Waals surface area (Å²) in [7, 11) is 0. The molecule has 3 atom stereocenters. The van der Waals surface area contributed by atoms with Gasteiger partial charge in [0.15, 0.2) is 0 Å². The molecule has 6 heteroatoms. The number of carboxylic acids is 1. The predicted octanol–water partition coefficient (Wildman–Crippen LogP) is 2.39. The Morgan fingerprint density at radius 3 is 2.59 bits per heavy atom. The molecule has 1 aromatic carbocycles. The van der Waals surface area contributed by atoms with Gasteiger partial charge >= 0.3 is 5.97 Å². The van der Waals surface area contributed by atoms with E-state index in [1.165, 1.54) is 0 Å². The number of carbonyl (C=O) groups excluding carboxylic acids is 1. The van der Waals surface area contributed by atoms with Crippen molar-refractivity contribution in [3.8, 4) is 0 Å². The second-order valence-electron chi connectivity index (χ2n) is 7.18. The zero-order valence-corrected chi connectivity index (χ0v) is 15.8. The Balaban J connectivity index is 1.86. The average Bonchev–Trinajstić information content (AvgIpc) is 2.98. The molecule has 27 heavy (non-hydrogen) atoms. The first-order valence-electron chi connectivity index (χ1n) is 9.53. The zero-order chi connectivity index (χ0) is 19.8. The fourth-order valence-electron chi connectivity index (χ4n) is 3.29. The molecule has 0 saturated carbocycles. The molecule has 1 aliphatic rings. The summed E-state index contributed by atoms with van der Waals surface area (Å²) in [6.07, 6.45) is 6.66. The van der Waals surface area contributed by atoms with Crippen molar-refractivity contribution < 1.29 is 24.9 Å². The molecule has 1 heterocycles. The molecule has 0 radical (unpaired) electrons. The Morgan fingerprint density at radius 1 is 1.26 bits per heavy atom. The second-order valence-corrected chi connectivity index (χ2v) is 7.18. The molecular weight excluding hydrogens is 346 g/mol. The summed E-state index contributed by atoms with van der Waals surface area (Å²) in [5, 5.41) is 28.2. The molecule has 0 aliphatic carbocycles. The quantitative estimate of drug-likeness (QED) is 0.546. The van der Waals surface area contributed by atoms with Gasteiger partial charge in [0.05, 0.1) is 23.8 Å². The van der Waals surface area contributed by atoms with Crippen molar-refractivity contribution in [3.63, 3.8) is 0 Å². The first-order valence-corrected chi connectivity index (χ1v) is 9.53. The Hall–Kier alpha value is -2.18. The maximum Gasteiger partial charge on any atom is 0.335 e. The van der Waals surface area contributed by atoms with Crippen molar-refractivity contribution in [2.75, 3.05) is 6.54 Å². The first-order chi connectivity index (χ1) is 12.9. The molecule has 1 unspecified atom stereocenters. The maximum atomic E-state index is 12.2. The van der Waals surface area contributed by atoms with Crippen molar-refractivity contribution in [2.24, 2.45) is 0 Å². The van der Waals surface area contributed by atoms with Crippen LogP contribution < -0.4 is 0 Å².